The summed E-state index contributed by atoms with van der Waals surface area (Å²) in [5.74, 6) is 0.892. The van der Waals surface area contributed by atoms with E-state index in [1.165, 1.54) is 0 Å². The molecular formula is C8H15NO4S. The molecule has 0 aromatic rings. The number of hydrogen-bond donors (Lipinski definition) is 4. The molecule has 2 aliphatic rings. The molecule has 2 fully saturated rings. The summed E-state index contributed by atoms with van der Waals surface area (Å²) in [5, 5.41) is 37.6. The maximum absolute atomic E-state index is 9.69. The van der Waals surface area contributed by atoms with Crippen molar-refractivity contribution in [2.24, 2.45) is 0 Å². The number of fused-ring (bicyclic) bond motifs is 1. The van der Waals surface area contributed by atoms with Gasteiger partial charge in [0.1, 0.15) is 12.2 Å². The number of hydrogen-bond acceptors (Lipinski definition) is 6. The molecule has 0 radical (unpaired) electrons. The van der Waals surface area contributed by atoms with E-state index in [-0.39, 0.29) is 12.0 Å². The van der Waals surface area contributed by atoms with Crippen molar-refractivity contribution in [3.8, 4) is 0 Å². The average Bonchev–Trinajstić information content (AvgIpc) is 2.72. The van der Waals surface area contributed by atoms with Crippen LogP contribution in [0.5, 0.6) is 0 Å². The van der Waals surface area contributed by atoms with Gasteiger partial charge in [-0.05, 0) is 0 Å². The molecule has 0 saturated carbocycles. The van der Waals surface area contributed by atoms with Crippen molar-refractivity contribution in [2.75, 3.05) is 18.9 Å². The van der Waals surface area contributed by atoms with Crippen LogP contribution < -0.4 is 0 Å². The third-order valence-electron chi connectivity index (χ3n) is 2.92. The highest BCUT2D eigenvalue weighted by Crippen LogP contribution is 2.38. The summed E-state index contributed by atoms with van der Waals surface area (Å²) in [6.07, 6.45) is -2.77. The smallest absolute Gasteiger partial charge is 0.106 e. The minimum atomic E-state index is -0.983. The van der Waals surface area contributed by atoms with Gasteiger partial charge in [0.05, 0.1) is 24.1 Å². The van der Waals surface area contributed by atoms with Crippen LogP contribution in [0, 0.1) is 0 Å². The largest absolute Gasteiger partial charge is 0.394 e. The maximum Gasteiger partial charge on any atom is 0.106 e. The van der Waals surface area contributed by atoms with Crippen LogP contribution in [0.25, 0.3) is 0 Å². The summed E-state index contributed by atoms with van der Waals surface area (Å²) in [5.41, 5.74) is 0. The van der Waals surface area contributed by atoms with E-state index in [1.54, 1.807) is 11.8 Å². The van der Waals surface area contributed by atoms with E-state index in [1.807, 2.05) is 4.90 Å². The first kappa shape index (κ1) is 10.7. The standard InChI is InChI=1S/C8H15NO4S/c10-3-4(11)5-6(12)7(13)8-9(5)1-2-14-8/h4-8,10-13H,1-3H2. The van der Waals surface area contributed by atoms with Crippen LogP contribution in [0.1, 0.15) is 0 Å². The van der Waals surface area contributed by atoms with E-state index in [0.29, 0.717) is 0 Å². The van der Waals surface area contributed by atoms with E-state index in [0.717, 1.165) is 12.3 Å². The molecule has 82 valence electrons. The predicted octanol–water partition coefficient (Wildman–Crippen LogP) is -2.18. The van der Waals surface area contributed by atoms with E-state index >= 15 is 0 Å². The van der Waals surface area contributed by atoms with Gasteiger partial charge in [-0.15, -0.1) is 11.8 Å². The Kier molecular flexibility index (Phi) is 3.01. The Hall–Kier alpha value is 0.150. The molecule has 0 aromatic carbocycles. The van der Waals surface area contributed by atoms with Crippen molar-refractivity contribution < 1.29 is 20.4 Å². The summed E-state index contributed by atoms with van der Waals surface area (Å²) in [6.45, 7) is 0.355. The lowest BCUT2D eigenvalue weighted by atomic mass is 10.1. The molecule has 0 spiro atoms. The van der Waals surface area contributed by atoms with Crippen LogP contribution in [-0.2, 0) is 0 Å². The normalized spacial score (nSPS) is 45.4. The van der Waals surface area contributed by atoms with Crippen LogP contribution in [0.3, 0.4) is 0 Å². The summed E-state index contributed by atoms with van der Waals surface area (Å²) >= 11 is 1.58. The van der Waals surface area contributed by atoms with Crippen LogP contribution in [0.4, 0.5) is 0 Å². The van der Waals surface area contributed by atoms with Crippen molar-refractivity contribution >= 4 is 11.8 Å². The molecule has 2 saturated heterocycles. The van der Waals surface area contributed by atoms with Gasteiger partial charge in [-0.25, -0.2) is 0 Å². The van der Waals surface area contributed by atoms with Gasteiger partial charge >= 0.3 is 0 Å². The molecule has 2 rings (SSSR count). The molecule has 2 heterocycles. The Morgan fingerprint density at radius 3 is 2.71 bits per heavy atom. The van der Waals surface area contributed by atoms with E-state index < -0.39 is 24.4 Å². The summed E-state index contributed by atoms with van der Waals surface area (Å²) < 4.78 is 0. The van der Waals surface area contributed by atoms with Gasteiger partial charge in [0, 0.05) is 12.3 Å². The Bertz CT molecular complexity index is 218. The van der Waals surface area contributed by atoms with Crippen molar-refractivity contribution in [3.63, 3.8) is 0 Å². The van der Waals surface area contributed by atoms with Gasteiger partial charge in [-0.3, -0.25) is 4.90 Å². The summed E-state index contributed by atoms with van der Waals surface area (Å²) in [6, 6.07) is -0.532. The number of rotatable bonds is 2. The molecular weight excluding hydrogens is 206 g/mol. The number of aliphatic hydroxyl groups excluding tert-OH is 4. The van der Waals surface area contributed by atoms with Crippen molar-refractivity contribution in [2.45, 2.75) is 29.7 Å². The fourth-order valence-corrected chi connectivity index (χ4v) is 3.59. The molecule has 2 aliphatic heterocycles. The van der Waals surface area contributed by atoms with E-state index in [4.69, 9.17) is 5.11 Å². The molecule has 0 amide bonds. The Morgan fingerprint density at radius 2 is 2.07 bits per heavy atom. The second-order valence-corrected chi connectivity index (χ2v) is 4.95. The Balaban J connectivity index is 2.15. The zero-order valence-electron chi connectivity index (χ0n) is 7.65. The number of aliphatic hydroxyl groups is 4. The second kappa shape index (κ2) is 3.96. The maximum atomic E-state index is 9.69. The minimum absolute atomic E-state index is 0.129. The highest BCUT2D eigenvalue weighted by molar-refractivity contribution is 8.00. The Labute approximate surface area is 86.3 Å². The lowest BCUT2D eigenvalue weighted by Crippen LogP contribution is -2.47. The van der Waals surface area contributed by atoms with Crippen LogP contribution in [-0.4, -0.2) is 74.0 Å². The first-order valence-electron chi connectivity index (χ1n) is 4.69. The molecule has 14 heavy (non-hydrogen) atoms. The highest BCUT2D eigenvalue weighted by Gasteiger charge is 2.52. The topological polar surface area (TPSA) is 84.2 Å². The molecule has 5 unspecified atom stereocenters. The number of nitrogens with zero attached hydrogens (tertiary/aromatic N) is 1. The highest BCUT2D eigenvalue weighted by atomic mass is 32.2. The predicted molar refractivity (Wildman–Crippen MR) is 51.8 cm³/mol. The minimum Gasteiger partial charge on any atom is -0.394 e. The second-order valence-electron chi connectivity index (χ2n) is 3.72. The number of thioether (sulfide) groups is 1. The molecule has 0 aliphatic carbocycles. The van der Waals surface area contributed by atoms with E-state index in [9.17, 15) is 15.3 Å². The lowest BCUT2D eigenvalue weighted by Gasteiger charge is -2.27. The quantitative estimate of drug-likeness (QED) is 0.424. The molecule has 5 nitrogen and oxygen atoms in total. The molecule has 6 heteroatoms. The van der Waals surface area contributed by atoms with Gasteiger partial charge < -0.3 is 20.4 Å². The van der Waals surface area contributed by atoms with E-state index in [2.05, 4.69) is 0 Å². The average molecular weight is 221 g/mol. The fourth-order valence-electron chi connectivity index (χ4n) is 2.24. The van der Waals surface area contributed by atoms with Crippen LogP contribution in [0.2, 0.25) is 0 Å². The van der Waals surface area contributed by atoms with Crippen molar-refractivity contribution in [3.05, 3.63) is 0 Å². The Morgan fingerprint density at radius 1 is 1.36 bits per heavy atom. The fraction of sp³-hybridized carbons (Fsp3) is 1.00. The lowest BCUT2D eigenvalue weighted by molar-refractivity contribution is -0.0291. The van der Waals surface area contributed by atoms with Crippen molar-refractivity contribution in [1.82, 2.24) is 4.90 Å². The first-order valence-corrected chi connectivity index (χ1v) is 5.74. The van der Waals surface area contributed by atoms with Gasteiger partial charge in [0.2, 0.25) is 0 Å². The third-order valence-corrected chi connectivity index (χ3v) is 4.23. The SMILES string of the molecule is OCC(O)C1C(O)C(O)C2SCCN21. The van der Waals surface area contributed by atoms with Gasteiger partial charge in [0.15, 0.2) is 0 Å². The van der Waals surface area contributed by atoms with Crippen LogP contribution in [0.15, 0.2) is 0 Å². The van der Waals surface area contributed by atoms with Gasteiger partial charge in [-0.2, -0.15) is 0 Å². The van der Waals surface area contributed by atoms with Gasteiger partial charge in [-0.1, -0.05) is 0 Å². The first-order chi connectivity index (χ1) is 6.66. The molecule has 4 N–H and O–H groups in total. The molecule has 0 bridgehead atoms. The third kappa shape index (κ3) is 1.46. The molecule has 0 aromatic heterocycles. The monoisotopic (exact) mass is 221 g/mol. The zero-order valence-corrected chi connectivity index (χ0v) is 8.47. The zero-order chi connectivity index (χ0) is 10.3. The summed E-state index contributed by atoms with van der Waals surface area (Å²) in [4.78, 5) is 1.88. The van der Waals surface area contributed by atoms with Gasteiger partial charge in [0.25, 0.3) is 0 Å². The summed E-state index contributed by atoms with van der Waals surface area (Å²) in [7, 11) is 0. The van der Waals surface area contributed by atoms with Crippen molar-refractivity contribution in [1.29, 1.82) is 0 Å². The molecule has 5 atom stereocenters. The van der Waals surface area contributed by atoms with Crippen LogP contribution >= 0.6 is 11.8 Å².